The van der Waals surface area contributed by atoms with Crippen molar-refractivity contribution in [1.29, 1.82) is 0 Å². The summed E-state index contributed by atoms with van der Waals surface area (Å²) in [5.74, 6) is -1.57. The summed E-state index contributed by atoms with van der Waals surface area (Å²) in [5, 5.41) is 4.94. The van der Waals surface area contributed by atoms with E-state index in [4.69, 9.17) is 20.8 Å². The molecule has 0 aliphatic carbocycles. The Hall–Kier alpha value is -4.21. The molecule has 2 N–H and O–H groups in total. The number of ether oxygens (including phenoxy) is 1. The van der Waals surface area contributed by atoms with E-state index in [1.54, 1.807) is 60.7 Å². The van der Waals surface area contributed by atoms with Crippen LogP contribution in [-0.2, 0) is 0 Å². The van der Waals surface area contributed by atoms with Crippen LogP contribution >= 0.6 is 27.5 Å². The van der Waals surface area contributed by atoms with Crippen LogP contribution in [0.2, 0.25) is 5.02 Å². The molecule has 7 nitrogen and oxygen atoms in total. The van der Waals surface area contributed by atoms with E-state index in [0.717, 1.165) is 0 Å². The van der Waals surface area contributed by atoms with Gasteiger partial charge in [-0.2, -0.15) is 5.10 Å². The first-order valence-corrected chi connectivity index (χ1v) is 12.0. The van der Waals surface area contributed by atoms with Crippen LogP contribution in [0.4, 0.5) is 4.39 Å². The van der Waals surface area contributed by atoms with Crippen LogP contribution in [-0.4, -0.2) is 23.1 Å². The summed E-state index contributed by atoms with van der Waals surface area (Å²) in [6.45, 7) is 0. The highest BCUT2D eigenvalue weighted by Crippen LogP contribution is 2.37. The molecular formula is C27H16BrClFN3O4. The van der Waals surface area contributed by atoms with Gasteiger partial charge in [0.25, 0.3) is 5.91 Å². The summed E-state index contributed by atoms with van der Waals surface area (Å²) >= 11 is 9.77. The van der Waals surface area contributed by atoms with Crippen LogP contribution in [0.5, 0.6) is 5.75 Å². The van der Waals surface area contributed by atoms with Crippen LogP contribution in [0.15, 0.2) is 93.1 Å². The maximum absolute atomic E-state index is 14.5. The fourth-order valence-electron chi connectivity index (χ4n) is 3.77. The maximum atomic E-state index is 14.5. The number of esters is 1. The second kappa shape index (κ2) is 10.4. The number of carbonyl (C=O) groups is 2. The number of hydrazone groups is 1. The van der Waals surface area contributed by atoms with Gasteiger partial charge in [-0.15, -0.1) is 0 Å². The molecule has 0 unspecified atom stereocenters. The summed E-state index contributed by atoms with van der Waals surface area (Å²) in [4.78, 5) is 28.3. The van der Waals surface area contributed by atoms with Crippen LogP contribution in [0.3, 0.4) is 0 Å². The minimum Gasteiger partial charge on any atom is -0.457 e. The number of para-hydroxylation sites is 1. The van der Waals surface area contributed by atoms with Crippen LogP contribution in [0.25, 0.3) is 22.0 Å². The van der Waals surface area contributed by atoms with Crippen molar-refractivity contribution in [2.24, 2.45) is 5.10 Å². The number of amides is 1. The summed E-state index contributed by atoms with van der Waals surface area (Å²) in [6, 6.07) is 19.5. The number of hydrogen-bond donors (Lipinski definition) is 2. The molecule has 1 amide bonds. The molecule has 2 heterocycles. The Labute approximate surface area is 223 Å². The quantitative estimate of drug-likeness (QED) is 0.0981. The van der Waals surface area contributed by atoms with Crippen molar-refractivity contribution in [2.45, 2.75) is 0 Å². The molecule has 0 saturated carbocycles. The van der Waals surface area contributed by atoms with Gasteiger partial charge in [-0.3, -0.25) is 4.79 Å². The number of furan rings is 1. The SMILES string of the molecule is O=C(Oc1ccc(Br)cc1C=NNC(=O)c1[nH]c2c(F)cccc2c1-c1ccccc1Cl)c1ccco1. The highest BCUT2D eigenvalue weighted by molar-refractivity contribution is 9.10. The number of fused-ring (bicyclic) bond motifs is 1. The van der Waals surface area contributed by atoms with E-state index in [1.165, 1.54) is 24.6 Å². The topological polar surface area (TPSA) is 96.7 Å². The molecule has 0 spiro atoms. The van der Waals surface area contributed by atoms with Gasteiger partial charge in [0.15, 0.2) is 0 Å². The molecule has 0 bridgehead atoms. The molecule has 2 aromatic heterocycles. The standard InChI is InChI=1S/C27H16BrClFN3O4/c28-16-10-11-21(37-27(35)22-9-4-12-36-22)15(13-16)14-31-33-26(34)25-23(17-5-1-2-7-19(17)29)18-6-3-8-20(30)24(18)32-25/h1-14,32H,(H,33,34). The summed E-state index contributed by atoms with van der Waals surface area (Å²) in [6.07, 6.45) is 2.69. The molecule has 0 aliphatic heterocycles. The Kier molecular flexibility index (Phi) is 6.89. The van der Waals surface area contributed by atoms with Crippen molar-refractivity contribution in [3.8, 4) is 16.9 Å². The normalized spacial score (nSPS) is 11.2. The van der Waals surface area contributed by atoms with Gasteiger partial charge in [0.1, 0.15) is 17.3 Å². The van der Waals surface area contributed by atoms with Gasteiger partial charge in [0.05, 0.1) is 18.0 Å². The van der Waals surface area contributed by atoms with E-state index >= 15 is 0 Å². The monoisotopic (exact) mass is 579 g/mol. The minimum absolute atomic E-state index is 0.0391. The number of nitrogens with one attached hydrogen (secondary N) is 2. The van der Waals surface area contributed by atoms with Gasteiger partial charge in [0.2, 0.25) is 5.76 Å². The van der Waals surface area contributed by atoms with Gasteiger partial charge >= 0.3 is 5.97 Å². The van der Waals surface area contributed by atoms with Crippen molar-refractivity contribution in [3.63, 3.8) is 0 Å². The number of nitrogens with zero attached hydrogens (tertiary/aromatic N) is 1. The first kappa shape index (κ1) is 24.5. The van der Waals surface area contributed by atoms with E-state index < -0.39 is 17.7 Å². The van der Waals surface area contributed by atoms with Crippen LogP contribution in [0.1, 0.15) is 26.6 Å². The number of halogens is 3. The molecule has 0 radical (unpaired) electrons. The maximum Gasteiger partial charge on any atom is 0.379 e. The zero-order valence-electron chi connectivity index (χ0n) is 18.8. The van der Waals surface area contributed by atoms with Crippen molar-refractivity contribution in [3.05, 3.63) is 111 Å². The van der Waals surface area contributed by atoms with E-state index in [9.17, 15) is 14.0 Å². The molecule has 0 atom stereocenters. The Morgan fingerprint density at radius 3 is 2.70 bits per heavy atom. The number of hydrogen-bond acceptors (Lipinski definition) is 5. The molecule has 10 heteroatoms. The Morgan fingerprint density at radius 2 is 1.92 bits per heavy atom. The Morgan fingerprint density at radius 1 is 1.08 bits per heavy atom. The van der Waals surface area contributed by atoms with Gasteiger partial charge in [-0.05, 0) is 42.5 Å². The minimum atomic E-state index is -0.685. The van der Waals surface area contributed by atoms with Crippen LogP contribution < -0.4 is 10.2 Å². The second-order valence-corrected chi connectivity index (χ2v) is 9.09. The smallest absolute Gasteiger partial charge is 0.379 e. The molecule has 3 aromatic carbocycles. The molecule has 5 rings (SSSR count). The lowest BCUT2D eigenvalue weighted by Gasteiger charge is -2.08. The van der Waals surface area contributed by atoms with Crippen molar-refractivity contribution in [1.82, 2.24) is 10.4 Å². The third kappa shape index (κ3) is 5.04. The highest BCUT2D eigenvalue weighted by Gasteiger charge is 2.22. The number of benzene rings is 3. The van der Waals surface area contributed by atoms with E-state index in [0.29, 0.717) is 31.6 Å². The van der Waals surface area contributed by atoms with E-state index in [2.05, 4.69) is 31.4 Å². The predicted octanol–water partition coefficient (Wildman–Crippen LogP) is 6.97. The average Bonchev–Trinajstić information content (AvgIpc) is 3.55. The number of aromatic amines is 1. The molecule has 0 saturated heterocycles. The second-order valence-electron chi connectivity index (χ2n) is 7.77. The van der Waals surface area contributed by atoms with Crippen molar-refractivity contribution < 1.29 is 23.1 Å². The Balaban J connectivity index is 1.45. The summed E-state index contributed by atoms with van der Waals surface area (Å²) in [7, 11) is 0. The fraction of sp³-hybridized carbons (Fsp3) is 0. The zero-order valence-corrected chi connectivity index (χ0v) is 21.1. The predicted molar refractivity (Wildman–Crippen MR) is 142 cm³/mol. The van der Waals surface area contributed by atoms with E-state index in [1.807, 2.05) is 0 Å². The molecule has 5 aromatic rings. The van der Waals surface area contributed by atoms with Crippen LogP contribution in [0, 0.1) is 5.82 Å². The van der Waals surface area contributed by atoms with Crippen molar-refractivity contribution in [2.75, 3.05) is 0 Å². The lowest BCUT2D eigenvalue weighted by Crippen LogP contribution is -2.19. The third-order valence-corrected chi connectivity index (χ3v) is 6.24. The molecule has 37 heavy (non-hydrogen) atoms. The highest BCUT2D eigenvalue weighted by atomic mass is 79.9. The third-order valence-electron chi connectivity index (χ3n) is 5.42. The summed E-state index contributed by atoms with van der Waals surface area (Å²) in [5.41, 5.74) is 4.12. The molecule has 184 valence electrons. The first-order chi connectivity index (χ1) is 17.9. The van der Waals surface area contributed by atoms with Gasteiger partial charge < -0.3 is 14.1 Å². The molecule has 0 fully saturated rings. The molecule has 0 aliphatic rings. The number of carbonyl (C=O) groups excluding carboxylic acids is 2. The largest absolute Gasteiger partial charge is 0.457 e. The number of H-pyrrole nitrogens is 1. The zero-order chi connectivity index (χ0) is 25.9. The first-order valence-electron chi connectivity index (χ1n) is 10.9. The van der Waals surface area contributed by atoms with Crippen molar-refractivity contribution >= 4 is 56.5 Å². The Bertz CT molecular complexity index is 1660. The lowest BCUT2D eigenvalue weighted by molar-refractivity contribution is 0.0700. The average molecular weight is 581 g/mol. The fourth-order valence-corrected chi connectivity index (χ4v) is 4.38. The van der Waals surface area contributed by atoms with Gasteiger partial charge in [0, 0.05) is 31.6 Å². The number of rotatable bonds is 6. The number of aromatic nitrogens is 1. The summed E-state index contributed by atoms with van der Waals surface area (Å²) < 4.78 is 25.7. The molecular weight excluding hydrogens is 565 g/mol. The van der Waals surface area contributed by atoms with Gasteiger partial charge in [-0.25, -0.2) is 14.6 Å². The van der Waals surface area contributed by atoms with E-state index in [-0.39, 0.29) is 22.7 Å². The van der Waals surface area contributed by atoms with Gasteiger partial charge in [-0.1, -0.05) is 57.9 Å². The lowest BCUT2D eigenvalue weighted by atomic mass is 10.0.